The third-order valence-electron chi connectivity index (χ3n) is 3.10. The first-order chi connectivity index (χ1) is 9.49. The Morgan fingerprint density at radius 2 is 2.25 bits per heavy atom. The minimum absolute atomic E-state index is 0.0142. The number of nitrogens with one attached hydrogen (secondary N) is 1. The molecule has 2 rings (SSSR count). The lowest BCUT2D eigenvalue weighted by Gasteiger charge is -2.32. The number of carboxylic acids is 1. The molecule has 1 aliphatic heterocycles. The summed E-state index contributed by atoms with van der Waals surface area (Å²) in [6.45, 7) is 2.56. The molecule has 6 nitrogen and oxygen atoms in total. The van der Waals surface area contributed by atoms with Gasteiger partial charge in [0, 0.05) is 16.7 Å². The highest BCUT2D eigenvalue weighted by atomic mass is 79.9. The summed E-state index contributed by atoms with van der Waals surface area (Å²) in [6, 6.07) is 4.04. The Labute approximate surface area is 124 Å². The molecule has 1 saturated heterocycles. The highest BCUT2D eigenvalue weighted by molar-refractivity contribution is 9.10. The van der Waals surface area contributed by atoms with Crippen molar-refractivity contribution in [2.75, 3.05) is 25.1 Å². The van der Waals surface area contributed by atoms with Gasteiger partial charge >= 0.3 is 12.0 Å². The van der Waals surface area contributed by atoms with Gasteiger partial charge in [0.15, 0.2) is 6.04 Å². The summed E-state index contributed by atoms with van der Waals surface area (Å²) in [4.78, 5) is 24.5. The second-order valence-corrected chi connectivity index (χ2v) is 5.37. The molecule has 0 aromatic heterocycles. The van der Waals surface area contributed by atoms with Crippen molar-refractivity contribution < 1.29 is 19.4 Å². The van der Waals surface area contributed by atoms with E-state index in [2.05, 4.69) is 21.2 Å². The lowest BCUT2D eigenvalue weighted by molar-refractivity contribution is -0.147. The first kappa shape index (κ1) is 14.8. The van der Waals surface area contributed by atoms with E-state index in [9.17, 15) is 9.59 Å². The number of ether oxygens (including phenoxy) is 1. The molecule has 1 aromatic rings. The molecule has 1 unspecified atom stereocenters. The van der Waals surface area contributed by atoms with Gasteiger partial charge in [-0.15, -0.1) is 0 Å². The zero-order chi connectivity index (χ0) is 14.7. The SMILES string of the molecule is Cc1ccc(NC(=O)N2CCOCC2C(=O)O)cc1Br. The maximum atomic E-state index is 12.2. The highest BCUT2D eigenvalue weighted by Gasteiger charge is 2.32. The second-order valence-electron chi connectivity index (χ2n) is 4.52. The van der Waals surface area contributed by atoms with Gasteiger partial charge in [0.2, 0.25) is 0 Å². The number of halogens is 1. The van der Waals surface area contributed by atoms with E-state index >= 15 is 0 Å². The first-order valence-corrected chi connectivity index (χ1v) is 6.92. The Balaban J connectivity index is 2.09. The van der Waals surface area contributed by atoms with Crippen LogP contribution in [0.1, 0.15) is 5.56 Å². The van der Waals surface area contributed by atoms with Crippen LogP contribution >= 0.6 is 15.9 Å². The lowest BCUT2D eigenvalue weighted by atomic mass is 10.2. The van der Waals surface area contributed by atoms with E-state index < -0.39 is 18.0 Å². The van der Waals surface area contributed by atoms with Crippen LogP contribution in [0.25, 0.3) is 0 Å². The van der Waals surface area contributed by atoms with Crippen LogP contribution in [0.5, 0.6) is 0 Å². The predicted octanol–water partition coefficient (Wildman–Crippen LogP) is 2.07. The number of carboxylic acid groups (broad SMARTS) is 1. The van der Waals surface area contributed by atoms with Gasteiger partial charge in [-0.3, -0.25) is 0 Å². The Kier molecular flexibility index (Phi) is 4.61. The van der Waals surface area contributed by atoms with Crippen LogP contribution in [-0.2, 0) is 9.53 Å². The minimum Gasteiger partial charge on any atom is -0.480 e. The Bertz CT molecular complexity index is 535. The van der Waals surface area contributed by atoms with E-state index in [-0.39, 0.29) is 13.2 Å². The maximum Gasteiger partial charge on any atom is 0.328 e. The van der Waals surface area contributed by atoms with E-state index in [0.29, 0.717) is 12.3 Å². The number of nitrogens with zero attached hydrogens (tertiary/aromatic N) is 1. The number of benzene rings is 1. The molecule has 0 spiro atoms. The number of aryl methyl sites for hydroxylation is 1. The summed E-state index contributed by atoms with van der Waals surface area (Å²) >= 11 is 3.39. The third kappa shape index (κ3) is 3.29. The van der Waals surface area contributed by atoms with Crippen molar-refractivity contribution >= 4 is 33.6 Å². The molecule has 108 valence electrons. The number of rotatable bonds is 2. The smallest absolute Gasteiger partial charge is 0.328 e. The van der Waals surface area contributed by atoms with Crippen LogP contribution in [0.15, 0.2) is 22.7 Å². The van der Waals surface area contributed by atoms with Gasteiger partial charge in [-0.05, 0) is 24.6 Å². The van der Waals surface area contributed by atoms with Gasteiger partial charge in [0.1, 0.15) is 0 Å². The lowest BCUT2D eigenvalue weighted by Crippen LogP contribution is -2.53. The average Bonchev–Trinajstić information content (AvgIpc) is 2.43. The molecule has 0 radical (unpaired) electrons. The van der Waals surface area contributed by atoms with Crippen molar-refractivity contribution in [2.24, 2.45) is 0 Å². The number of anilines is 1. The number of carbonyl (C=O) groups is 2. The number of hydrogen-bond donors (Lipinski definition) is 2. The van der Waals surface area contributed by atoms with Crippen LogP contribution in [0.3, 0.4) is 0 Å². The molecule has 2 amide bonds. The van der Waals surface area contributed by atoms with Crippen molar-refractivity contribution in [2.45, 2.75) is 13.0 Å². The summed E-state index contributed by atoms with van der Waals surface area (Å²) in [5, 5.41) is 11.8. The molecule has 20 heavy (non-hydrogen) atoms. The Hall–Kier alpha value is -1.60. The quantitative estimate of drug-likeness (QED) is 0.862. The molecule has 0 saturated carbocycles. The fourth-order valence-electron chi connectivity index (χ4n) is 1.92. The van der Waals surface area contributed by atoms with Crippen molar-refractivity contribution in [3.05, 3.63) is 28.2 Å². The molecule has 1 fully saturated rings. The topological polar surface area (TPSA) is 78.9 Å². The molecule has 1 atom stereocenters. The molecule has 0 bridgehead atoms. The van der Waals surface area contributed by atoms with E-state index in [1.165, 1.54) is 4.90 Å². The van der Waals surface area contributed by atoms with Crippen molar-refractivity contribution in [3.8, 4) is 0 Å². The molecule has 7 heteroatoms. The van der Waals surface area contributed by atoms with Gasteiger partial charge in [-0.25, -0.2) is 9.59 Å². The fourth-order valence-corrected chi connectivity index (χ4v) is 2.30. The zero-order valence-corrected chi connectivity index (χ0v) is 12.5. The van der Waals surface area contributed by atoms with Gasteiger partial charge < -0.3 is 20.1 Å². The number of aliphatic carboxylic acids is 1. The number of hydrogen-bond acceptors (Lipinski definition) is 3. The number of urea groups is 1. The van der Waals surface area contributed by atoms with Crippen molar-refractivity contribution in [1.82, 2.24) is 4.90 Å². The molecule has 1 heterocycles. The van der Waals surface area contributed by atoms with E-state index in [1.807, 2.05) is 13.0 Å². The summed E-state index contributed by atoms with van der Waals surface area (Å²) < 4.78 is 5.98. The number of amides is 2. The fraction of sp³-hybridized carbons (Fsp3) is 0.385. The van der Waals surface area contributed by atoms with Crippen LogP contribution < -0.4 is 5.32 Å². The molecule has 2 N–H and O–H groups in total. The van der Waals surface area contributed by atoms with Crippen molar-refractivity contribution in [3.63, 3.8) is 0 Å². The first-order valence-electron chi connectivity index (χ1n) is 6.13. The zero-order valence-electron chi connectivity index (χ0n) is 10.9. The molecular formula is C13H15BrN2O4. The maximum absolute atomic E-state index is 12.2. The summed E-state index contributed by atoms with van der Waals surface area (Å²) in [5.74, 6) is -1.06. The monoisotopic (exact) mass is 342 g/mol. The van der Waals surface area contributed by atoms with Crippen LogP contribution in [-0.4, -0.2) is 47.8 Å². The average molecular weight is 343 g/mol. The third-order valence-corrected chi connectivity index (χ3v) is 3.95. The minimum atomic E-state index is -1.06. The van der Waals surface area contributed by atoms with Crippen molar-refractivity contribution in [1.29, 1.82) is 0 Å². The predicted molar refractivity (Wildman–Crippen MR) is 76.8 cm³/mol. The van der Waals surface area contributed by atoms with E-state index in [4.69, 9.17) is 9.84 Å². The standard InChI is InChI=1S/C13H15BrN2O4/c1-8-2-3-9(6-10(8)14)15-13(19)16-4-5-20-7-11(16)12(17)18/h2-3,6,11H,4-5,7H2,1H3,(H,15,19)(H,17,18). The van der Waals surface area contributed by atoms with E-state index in [1.54, 1.807) is 12.1 Å². The van der Waals surface area contributed by atoms with Gasteiger partial charge in [0.05, 0.1) is 13.2 Å². The largest absolute Gasteiger partial charge is 0.480 e. The van der Waals surface area contributed by atoms with Gasteiger partial charge in [-0.1, -0.05) is 22.0 Å². The number of morpholine rings is 1. The molecule has 1 aromatic carbocycles. The van der Waals surface area contributed by atoms with Gasteiger partial charge in [-0.2, -0.15) is 0 Å². The Morgan fingerprint density at radius 3 is 2.90 bits per heavy atom. The normalized spacial score (nSPS) is 18.7. The number of carbonyl (C=O) groups excluding carboxylic acids is 1. The molecule has 0 aliphatic carbocycles. The highest BCUT2D eigenvalue weighted by Crippen LogP contribution is 2.21. The summed E-state index contributed by atoms with van der Waals surface area (Å²) in [6.07, 6.45) is 0. The van der Waals surface area contributed by atoms with Crippen LogP contribution in [0, 0.1) is 6.92 Å². The van der Waals surface area contributed by atoms with Crippen LogP contribution in [0.4, 0.5) is 10.5 Å². The summed E-state index contributed by atoms with van der Waals surface area (Å²) in [7, 11) is 0. The van der Waals surface area contributed by atoms with Crippen LogP contribution in [0.2, 0.25) is 0 Å². The second kappa shape index (κ2) is 6.23. The molecular weight excluding hydrogens is 328 g/mol. The van der Waals surface area contributed by atoms with Gasteiger partial charge in [0.25, 0.3) is 0 Å². The summed E-state index contributed by atoms with van der Waals surface area (Å²) in [5.41, 5.74) is 1.67. The van der Waals surface area contributed by atoms with E-state index in [0.717, 1.165) is 10.0 Å². The molecule has 1 aliphatic rings. The Morgan fingerprint density at radius 1 is 1.50 bits per heavy atom.